The molecule has 0 unspecified atom stereocenters. The summed E-state index contributed by atoms with van der Waals surface area (Å²) in [7, 11) is 1.55. The lowest BCUT2D eigenvalue weighted by Gasteiger charge is -2.11. The number of tetrazole rings is 1. The molecule has 1 aromatic heterocycles. The second-order valence-corrected chi connectivity index (χ2v) is 5.18. The summed E-state index contributed by atoms with van der Waals surface area (Å²) in [6, 6.07) is 14.4. The van der Waals surface area contributed by atoms with Gasteiger partial charge in [0.2, 0.25) is 0 Å². The van der Waals surface area contributed by atoms with Crippen LogP contribution >= 0.6 is 0 Å². The Morgan fingerprint density at radius 3 is 2.68 bits per heavy atom. The lowest BCUT2D eigenvalue weighted by Crippen LogP contribution is -2.20. The molecule has 1 N–H and O–H groups in total. The minimum absolute atomic E-state index is 0.130. The first kappa shape index (κ1) is 16.4. The van der Waals surface area contributed by atoms with Gasteiger partial charge in [-0.05, 0) is 47.7 Å². The largest absolute Gasteiger partial charge is 0.493 e. The number of nitrogens with zero attached hydrogens (tertiary/aromatic N) is 4. The first-order chi connectivity index (χ1) is 12.2. The molecule has 0 aliphatic carbocycles. The van der Waals surface area contributed by atoms with Crippen molar-refractivity contribution in [3.8, 4) is 17.2 Å². The van der Waals surface area contributed by atoms with Gasteiger partial charge in [0, 0.05) is 5.69 Å². The van der Waals surface area contributed by atoms with E-state index in [4.69, 9.17) is 9.47 Å². The van der Waals surface area contributed by atoms with E-state index in [1.165, 1.54) is 0 Å². The maximum Gasteiger partial charge on any atom is 0.262 e. The van der Waals surface area contributed by atoms with Crippen LogP contribution < -0.4 is 14.8 Å². The van der Waals surface area contributed by atoms with Crippen molar-refractivity contribution >= 4 is 11.6 Å². The molecule has 0 aliphatic heterocycles. The number of aryl methyl sites for hydroxylation is 1. The van der Waals surface area contributed by atoms with Gasteiger partial charge in [-0.25, -0.2) is 0 Å². The average Bonchev–Trinajstić information content (AvgIpc) is 3.06. The van der Waals surface area contributed by atoms with Crippen molar-refractivity contribution in [2.24, 2.45) is 0 Å². The molecule has 3 rings (SSSR count). The third kappa shape index (κ3) is 3.92. The number of carbonyl (C=O) groups excluding carboxylic acids is 1. The molecule has 128 valence electrons. The predicted octanol–water partition coefficient (Wildman–Crippen LogP) is 2.00. The number of hydrogen-bond donors (Lipinski definition) is 1. The second kappa shape index (κ2) is 7.43. The Kier molecular flexibility index (Phi) is 4.89. The molecule has 0 saturated carbocycles. The highest BCUT2D eigenvalue weighted by atomic mass is 16.5. The van der Waals surface area contributed by atoms with Crippen molar-refractivity contribution in [2.75, 3.05) is 19.0 Å². The molecule has 8 heteroatoms. The Hall–Kier alpha value is -3.42. The Morgan fingerprint density at radius 1 is 1.16 bits per heavy atom. The van der Waals surface area contributed by atoms with Crippen molar-refractivity contribution in [1.82, 2.24) is 20.2 Å². The fourth-order valence-electron chi connectivity index (χ4n) is 2.26. The minimum Gasteiger partial charge on any atom is -0.493 e. The van der Waals surface area contributed by atoms with Crippen molar-refractivity contribution in [1.29, 1.82) is 0 Å². The number of nitrogens with one attached hydrogen (secondary N) is 1. The van der Waals surface area contributed by atoms with E-state index in [0.717, 1.165) is 5.69 Å². The van der Waals surface area contributed by atoms with Gasteiger partial charge in [0.05, 0.1) is 12.8 Å². The molecule has 0 radical (unpaired) electrons. The molecule has 0 fully saturated rings. The zero-order valence-corrected chi connectivity index (χ0v) is 13.8. The van der Waals surface area contributed by atoms with Gasteiger partial charge in [-0.2, -0.15) is 4.68 Å². The van der Waals surface area contributed by atoms with Gasteiger partial charge >= 0.3 is 0 Å². The zero-order valence-electron chi connectivity index (χ0n) is 13.8. The van der Waals surface area contributed by atoms with Crippen molar-refractivity contribution in [3.05, 3.63) is 54.4 Å². The molecule has 0 saturated heterocycles. The van der Waals surface area contributed by atoms with Crippen LogP contribution in [-0.2, 0) is 4.79 Å². The molecule has 0 atom stereocenters. The van der Waals surface area contributed by atoms with Gasteiger partial charge in [0.1, 0.15) is 0 Å². The van der Waals surface area contributed by atoms with Gasteiger partial charge in [-0.15, -0.1) is 5.10 Å². The molecule has 1 amide bonds. The zero-order chi connectivity index (χ0) is 17.6. The molecule has 0 spiro atoms. The van der Waals surface area contributed by atoms with Crippen LogP contribution in [0.15, 0.2) is 48.5 Å². The molecule has 0 aliphatic rings. The van der Waals surface area contributed by atoms with Gasteiger partial charge in [-0.3, -0.25) is 4.79 Å². The van der Waals surface area contributed by atoms with Gasteiger partial charge < -0.3 is 14.8 Å². The number of anilines is 1. The highest BCUT2D eigenvalue weighted by Gasteiger charge is 2.09. The molecule has 0 bridgehead atoms. The molecule has 2 aromatic carbocycles. The van der Waals surface area contributed by atoms with E-state index in [9.17, 15) is 4.79 Å². The molecule has 25 heavy (non-hydrogen) atoms. The number of carbonyl (C=O) groups is 1. The van der Waals surface area contributed by atoms with Crippen LogP contribution in [0.4, 0.5) is 5.69 Å². The van der Waals surface area contributed by atoms with Crippen molar-refractivity contribution < 1.29 is 14.3 Å². The summed E-state index contributed by atoms with van der Waals surface area (Å²) in [4.78, 5) is 12.1. The topological polar surface area (TPSA) is 91.2 Å². The maximum atomic E-state index is 12.1. The minimum atomic E-state index is -0.281. The van der Waals surface area contributed by atoms with Gasteiger partial charge in [0.25, 0.3) is 5.91 Å². The molecule has 1 heterocycles. The summed E-state index contributed by atoms with van der Waals surface area (Å²) in [6.45, 7) is 1.67. The Balaban J connectivity index is 1.64. The van der Waals surface area contributed by atoms with E-state index < -0.39 is 0 Å². The van der Waals surface area contributed by atoms with Crippen LogP contribution in [0.3, 0.4) is 0 Å². The summed E-state index contributed by atoms with van der Waals surface area (Å²) < 4.78 is 12.3. The summed E-state index contributed by atoms with van der Waals surface area (Å²) >= 11 is 0. The smallest absolute Gasteiger partial charge is 0.262 e. The molecule has 3 aromatic rings. The number of para-hydroxylation sites is 2. The lowest BCUT2D eigenvalue weighted by atomic mass is 10.2. The number of benzene rings is 2. The molecule has 8 nitrogen and oxygen atoms in total. The molecular weight excluding hydrogens is 322 g/mol. The van der Waals surface area contributed by atoms with E-state index in [1.807, 2.05) is 24.3 Å². The fourth-order valence-corrected chi connectivity index (χ4v) is 2.26. The average molecular weight is 339 g/mol. The Labute approximate surface area is 144 Å². The van der Waals surface area contributed by atoms with E-state index in [2.05, 4.69) is 20.8 Å². The SMILES string of the molecule is COc1ccccc1OCC(=O)Nc1cccc(-n2nnnc2C)c1. The maximum absolute atomic E-state index is 12.1. The highest BCUT2D eigenvalue weighted by Crippen LogP contribution is 2.25. The van der Waals surface area contributed by atoms with E-state index in [0.29, 0.717) is 23.0 Å². The van der Waals surface area contributed by atoms with E-state index >= 15 is 0 Å². The number of hydrogen-bond acceptors (Lipinski definition) is 6. The third-order valence-electron chi connectivity index (χ3n) is 3.43. The van der Waals surface area contributed by atoms with Crippen LogP contribution in [-0.4, -0.2) is 39.8 Å². The highest BCUT2D eigenvalue weighted by molar-refractivity contribution is 5.92. The van der Waals surface area contributed by atoms with Gasteiger partial charge in [-0.1, -0.05) is 18.2 Å². The summed E-state index contributed by atoms with van der Waals surface area (Å²) in [5, 5.41) is 14.1. The van der Waals surface area contributed by atoms with Gasteiger partial charge in [0.15, 0.2) is 23.9 Å². The standard InChI is InChI=1S/C17H17N5O3/c1-12-19-20-21-22(12)14-7-5-6-13(10-14)18-17(23)11-25-16-9-4-3-8-15(16)24-2/h3-10H,11H2,1-2H3,(H,18,23). The lowest BCUT2D eigenvalue weighted by molar-refractivity contribution is -0.118. The number of rotatable bonds is 6. The number of ether oxygens (including phenoxy) is 2. The van der Waals surface area contributed by atoms with Crippen LogP contribution in [0, 0.1) is 6.92 Å². The Bertz CT molecular complexity index is 878. The second-order valence-electron chi connectivity index (χ2n) is 5.18. The predicted molar refractivity (Wildman–Crippen MR) is 91.0 cm³/mol. The number of methoxy groups -OCH3 is 1. The molecular formula is C17H17N5O3. The van der Waals surface area contributed by atoms with E-state index in [1.54, 1.807) is 43.0 Å². The van der Waals surface area contributed by atoms with Crippen molar-refractivity contribution in [2.45, 2.75) is 6.92 Å². The Morgan fingerprint density at radius 2 is 1.96 bits per heavy atom. The normalized spacial score (nSPS) is 10.3. The third-order valence-corrected chi connectivity index (χ3v) is 3.43. The van der Waals surface area contributed by atoms with Crippen LogP contribution in [0.5, 0.6) is 11.5 Å². The summed E-state index contributed by atoms with van der Waals surface area (Å²) in [5.74, 6) is 1.46. The number of amides is 1. The fraction of sp³-hybridized carbons (Fsp3) is 0.176. The van der Waals surface area contributed by atoms with E-state index in [-0.39, 0.29) is 12.5 Å². The van der Waals surface area contributed by atoms with Crippen LogP contribution in [0.2, 0.25) is 0 Å². The summed E-state index contributed by atoms with van der Waals surface area (Å²) in [6.07, 6.45) is 0. The number of aromatic nitrogens is 4. The monoisotopic (exact) mass is 339 g/mol. The first-order valence-corrected chi connectivity index (χ1v) is 7.58. The van der Waals surface area contributed by atoms with Crippen LogP contribution in [0.25, 0.3) is 5.69 Å². The summed E-state index contributed by atoms with van der Waals surface area (Å²) in [5.41, 5.74) is 1.38. The first-order valence-electron chi connectivity index (χ1n) is 7.58. The van der Waals surface area contributed by atoms with Crippen LogP contribution in [0.1, 0.15) is 5.82 Å². The van der Waals surface area contributed by atoms with Crippen molar-refractivity contribution in [3.63, 3.8) is 0 Å². The quantitative estimate of drug-likeness (QED) is 0.738.